The van der Waals surface area contributed by atoms with E-state index in [1.165, 1.54) is 6.07 Å². The summed E-state index contributed by atoms with van der Waals surface area (Å²) in [5.74, 6) is -0.226. The normalized spacial score (nSPS) is 22.8. The Kier molecular flexibility index (Phi) is 3.78. The number of likely N-dealkylation sites (tertiary alicyclic amines) is 1. The number of H-pyrrole nitrogens is 1. The summed E-state index contributed by atoms with van der Waals surface area (Å²) in [5.41, 5.74) is 8.42. The molecule has 1 saturated heterocycles. The van der Waals surface area contributed by atoms with Crippen molar-refractivity contribution in [3.63, 3.8) is 0 Å². The number of aromatic nitrogens is 2. The Bertz CT molecular complexity index is 624. The van der Waals surface area contributed by atoms with Crippen LogP contribution in [0.15, 0.2) is 30.5 Å². The van der Waals surface area contributed by atoms with E-state index in [1.54, 1.807) is 18.3 Å². The number of halogens is 1. The topological polar surface area (TPSA) is 57.9 Å². The molecule has 4 nitrogen and oxygen atoms in total. The van der Waals surface area contributed by atoms with Gasteiger partial charge in [-0.2, -0.15) is 5.10 Å². The SMILES string of the molecule is CC1(CN)CCN(Cc2cn[nH]c2-c2ccccc2F)C1. The van der Waals surface area contributed by atoms with Gasteiger partial charge in [-0.3, -0.25) is 10.00 Å². The number of nitrogens with zero attached hydrogens (tertiary/aromatic N) is 2. The molecule has 1 aliphatic rings. The molecule has 2 aromatic rings. The number of hydrogen-bond donors (Lipinski definition) is 2. The molecule has 0 radical (unpaired) electrons. The van der Waals surface area contributed by atoms with Crippen LogP contribution < -0.4 is 5.73 Å². The fourth-order valence-electron chi connectivity index (χ4n) is 3.00. The highest BCUT2D eigenvalue weighted by Gasteiger charge is 2.32. The lowest BCUT2D eigenvalue weighted by Crippen LogP contribution is -2.31. The van der Waals surface area contributed by atoms with Crippen LogP contribution in [-0.2, 0) is 6.54 Å². The van der Waals surface area contributed by atoms with Crippen molar-refractivity contribution >= 4 is 0 Å². The molecule has 0 aliphatic carbocycles. The lowest BCUT2D eigenvalue weighted by Gasteiger charge is -2.22. The number of rotatable bonds is 4. The number of hydrogen-bond acceptors (Lipinski definition) is 3. The van der Waals surface area contributed by atoms with E-state index in [0.717, 1.165) is 37.3 Å². The van der Waals surface area contributed by atoms with Crippen LogP contribution in [0.3, 0.4) is 0 Å². The molecule has 21 heavy (non-hydrogen) atoms. The van der Waals surface area contributed by atoms with Gasteiger partial charge in [-0.15, -0.1) is 0 Å². The van der Waals surface area contributed by atoms with E-state index in [2.05, 4.69) is 22.0 Å². The van der Waals surface area contributed by atoms with E-state index in [0.29, 0.717) is 12.1 Å². The van der Waals surface area contributed by atoms with Gasteiger partial charge in [0.25, 0.3) is 0 Å². The zero-order valence-corrected chi connectivity index (χ0v) is 12.3. The van der Waals surface area contributed by atoms with Gasteiger partial charge in [0.05, 0.1) is 11.9 Å². The Balaban J connectivity index is 1.80. The molecule has 0 saturated carbocycles. The molecule has 1 unspecified atom stereocenters. The van der Waals surface area contributed by atoms with Crippen molar-refractivity contribution in [1.29, 1.82) is 0 Å². The van der Waals surface area contributed by atoms with Crippen LogP contribution >= 0.6 is 0 Å². The third-order valence-electron chi connectivity index (χ3n) is 4.38. The molecular weight excluding hydrogens is 267 g/mol. The Morgan fingerprint density at radius 2 is 2.24 bits per heavy atom. The summed E-state index contributed by atoms with van der Waals surface area (Å²) in [5, 5.41) is 7.03. The minimum absolute atomic E-state index is 0.196. The fourth-order valence-corrected chi connectivity index (χ4v) is 3.00. The second-order valence-corrected chi connectivity index (χ2v) is 6.23. The zero-order valence-electron chi connectivity index (χ0n) is 12.3. The largest absolute Gasteiger partial charge is 0.330 e. The van der Waals surface area contributed by atoms with E-state index in [9.17, 15) is 4.39 Å². The molecule has 1 fully saturated rings. The van der Waals surface area contributed by atoms with Crippen molar-refractivity contribution < 1.29 is 4.39 Å². The number of nitrogens with one attached hydrogen (secondary N) is 1. The lowest BCUT2D eigenvalue weighted by molar-refractivity contribution is 0.275. The van der Waals surface area contributed by atoms with Crippen LogP contribution in [-0.4, -0.2) is 34.7 Å². The summed E-state index contributed by atoms with van der Waals surface area (Å²) in [6.45, 7) is 5.70. The second-order valence-electron chi connectivity index (χ2n) is 6.23. The van der Waals surface area contributed by atoms with E-state index in [1.807, 2.05) is 6.07 Å². The molecule has 0 bridgehead atoms. The van der Waals surface area contributed by atoms with Gasteiger partial charge >= 0.3 is 0 Å². The van der Waals surface area contributed by atoms with Crippen LogP contribution in [0.1, 0.15) is 18.9 Å². The maximum Gasteiger partial charge on any atom is 0.132 e. The highest BCUT2D eigenvalue weighted by Crippen LogP contribution is 2.31. The molecule has 1 aliphatic heterocycles. The second kappa shape index (κ2) is 5.58. The highest BCUT2D eigenvalue weighted by atomic mass is 19.1. The molecule has 3 N–H and O–H groups in total. The van der Waals surface area contributed by atoms with E-state index in [4.69, 9.17) is 5.73 Å². The minimum Gasteiger partial charge on any atom is -0.330 e. The molecule has 1 aromatic carbocycles. The average molecular weight is 288 g/mol. The van der Waals surface area contributed by atoms with Gasteiger partial charge < -0.3 is 5.73 Å². The van der Waals surface area contributed by atoms with Gasteiger partial charge in [0.1, 0.15) is 5.82 Å². The Morgan fingerprint density at radius 1 is 1.43 bits per heavy atom. The summed E-state index contributed by atoms with van der Waals surface area (Å²) in [6.07, 6.45) is 2.90. The van der Waals surface area contributed by atoms with Gasteiger partial charge in [-0.1, -0.05) is 19.1 Å². The third kappa shape index (κ3) is 2.84. The van der Waals surface area contributed by atoms with Gasteiger partial charge in [0.15, 0.2) is 0 Å². The van der Waals surface area contributed by atoms with Gasteiger partial charge in [-0.25, -0.2) is 4.39 Å². The number of benzene rings is 1. The fraction of sp³-hybridized carbons (Fsp3) is 0.438. The van der Waals surface area contributed by atoms with Crippen LogP contribution in [0.4, 0.5) is 4.39 Å². The maximum atomic E-state index is 13.9. The zero-order chi connectivity index (χ0) is 14.9. The van der Waals surface area contributed by atoms with Crippen molar-refractivity contribution in [2.45, 2.75) is 19.9 Å². The van der Waals surface area contributed by atoms with Gasteiger partial charge in [0, 0.05) is 24.2 Å². The molecule has 5 heteroatoms. The molecule has 2 heterocycles. The van der Waals surface area contributed by atoms with Crippen molar-refractivity contribution in [1.82, 2.24) is 15.1 Å². The van der Waals surface area contributed by atoms with E-state index < -0.39 is 0 Å². The Labute approximate surface area is 124 Å². The van der Waals surface area contributed by atoms with Crippen molar-refractivity contribution in [2.24, 2.45) is 11.1 Å². The van der Waals surface area contributed by atoms with Crippen LogP contribution in [0, 0.1) is 11.2 Å². The molecular formula is C16H21FN4. The quantitative estimate of drug-likeness (QED) is 0.908. The third-order valence-corrected chi connectivity index (χ3v) is 4.38. The molecule has 1 atom stereocenters. The smallest absolute Gasteiger partial charge is 0.132 e. The molecule has 0 spiro atoms. The number of nitrogens with two attached hydrogens (primary N) is 1. The molecule has 1 aromatic heterocycles. The van der Waals surface area contributed by atoms with Crippen LogP contribution in [0.5, 0.6) is 0 Å². The first kappa shape index (κ1) is 14.2. The Hall–Kier alpha value is -1.72. The first-order chi connectivity index (χ1) is 10.1. The van der Waals surface area contributed by atoms with Gasteiger partial charge in [0.2, 0.25) is 0 Å². The van der Waals surface area contributed by atoms with E-state index >= 15 is 0 Å². The van der Waals surface area contributed by atoms with Crippen molar-refractivity contribution in [3.05, 3.63) is 41.8 Å². The maximum absolute atomic E-state index is 13.9. The van der Waals surface area contributed by atoms with Gasteiger partial charge in [-0.05, 0) is 37.1 Å². The van der Waals surface area contributed by atoms with Crippen LogP contribution in [0.25, 0.3) is 11.3 Å². The molecule has 3 rings (SSSR count). The first-order valence-electron chi connectivity index (χ1n) is 7.31. The van der Waals surface area contributed by atoms with Crippen molar-refractivity contribution in [2.75, 3.05) is 19.6 Å². The predicted octanol–water partition coefficient (Wildman–Crippen LogP) is 2.39. The molecule has 0 amide bonds. The Morgan fingerprint density at radius 3 is 2.95 bits per heavy atom. The highest BCUT2D eigenvalue weighted by molar-refractivity contribution is 5.63. The van der Waals surface area contributed by atoms with Crippen LogP contribution in [0.2, 0.25) is 0 Å². The predicted molar refractivity (Wildman–Crippen MR) is 81.0 cm³/mol. The first-order valence-corrected chi connectivity index (χ1v) is 7.31. The standard InChI is InChI=1S/C16H21FN4/c1-16(10-18)6-7-21(11-16)9-12-8-19-20-15(12)13-4-2-3-5-14(13)17/h2-5,8H,6-7,9-11,18H2,1H3,(H,19,20). The lowest BCUT2D eigenvalue weighted by atomic mass is 9.90. The summed E-state index contributed by atoms with van der Waals surface area (Å²) in [7, 11) is 0. The molecule has 112 valence electrons. The summed E-state index contributed by atoms with van der Waals surface area (Å²) < 4.78 is 13.9. The van der Waals surface area contributed by atoms with Crippen molar-refractivity contribution in [3.8, 4) is 11.3 Å². The van der Waals surface area contributed by atoms with E-state index in [-0.39, 0.29) is 11.2 Å². The minimum atomic E-state index is -0.226. The monoisotopic (exact) mass is 288 g/mol. The number of aromatic amines is 1. The average Bonchev–Trinajstić information content (AvgIpc) is 3.08. The summed E-state index contributed by atoms with van der Waals surface area (Å²) >= 11 is 0. The summed E-state index contributed by atoms with van der Waals surface area (Å²) in [6, 6.07) is 6.79. The summed E-state index contributed by atoms with van der Waals surface area (Å²) in [4.78, 5) is 2.36.